The van der Waals surface area contributed by atoms with Crippen LogP contribution in [0.25, 0.3) is 0 Å². The Hall–Kier alpha value is -1.70. The molecule has 0 radical (unpaired) electrons. The third-order valence-corrected chi connectivity index (χ3v) is 3.46. The molecule has 0 spiro atoms. The first-order valence-electron chi connectivity index (χ1n) is 5.99. The normalized spacial score (nSPS) is 17.9. The number of halogens is 2. The fourth-order valence-electron chi connectivity index (χ4n) is 2.11. The lowest BCUT2D eigenvalue weighted by Gasteiger charge is -2.17. The van der Waals surface area contributed by atoms with E-state index >= 15 is 0 Å². The second-order valence-electron chi connectivity index (χ2n) is 4.45. The number of carbonyl (C=O) groups is 2. The Labute approximate surface area is 127 Å². The number of hydrogen-bond acceptors (Lipinski definition) is 2. The molecule has 2 rings (SSSR count). The van der Waals surface area contributed by atoms with Gasteiger partial charge in [-0.1, -0.05) is 29.1 Å². The average Bonchev–Trinajstić information content (AvgIpc) is 2.77. The minimum absolute atomic E-state index is 0.135. The Morgan fingerprint density at radius 2 is 2.05 bits per heavy atom. The van der Waals surface area contributed by atoms with Crippen molar-refractivity contribution in [3.8, 4) is 12.3 Å². The van der Waals surface area contributed by atoms with Crippen LogP contribution in [0.3, 0.4) is 0 Å². The number of nitrogens with zero attached hydrogens (tertiary/aromatic N) is 1. The van der Waals surface area contributed by atoms with Gasteiger partial charge < -0.3 is 10.2 Å². The number of rotatable bonds is 3. The third-order valence-electron chi connectivity index (χ3n) is 3.02. The van der Waals surface area contributed by atoms with Crippen molar-refractivity contribution in [3.63, 3.8) is 0 Å². The molecule has 1 aliphatic heterocycles. The SMILES string of the molecule is C#CCNC(=O)[C@H]1CC(=O)N(c2cc(Cl)cc(Cl)c2)C1. The van der Waals surface area contributed by atoms with Crippen molar-refractivity contribution in [1.82, 2.24) is 5.32 Å². The second-order valence-corrected chi connectivity index (χ2v) is 5.33. The van der Waals surface area contributed by atoms with E-state index in [-0.39, 0.29) is 24.8 Å². The van der Waals surface area contributed by atoms with Crippen LogP contribution in [0, 0.1) is 18.3 Å². The second kappa shape index (κ2) is 6.17. The van der Waals surface area contributed by atoms with E-state index in [2.05, 4.69) is 11.2 Å². The molecule has 0 bridgehead atoms. The summed E-state index contributed by atoms with van der Waals surface area (Å²) in [6.45, 7) is 0.457. The number of carbonyl (C=O) groups excluding carboxylic acids is 2. The van der Waals surface area contributed by atoms with E-state index in [1.54, 1.807) is 18.2 Å². The Morgan fingerprint density at radius 1 is 1.40 bits per heavy atom. The molecule has 0 saturated carbocycles. The number of anilines is 1. The molecule has 1 aliphatic rings. The average molecular weight is 311 g/mol. The molecular formula is C14H12Cl2N2O2. The molecule has 1 aromatic carbocycles. The van der Waals surface area contributed by atoms with Gasteiger partial charge in [0.25, 0.3) is 0 Å². The maximum absolute atomic E-state index is 12.0. The molecule has 2 amide bonds. The summed E-state index contributed by atoms with van der Waals surface area (Å²) in [6, 6.07) is 4.88. The molecule has 0 aliphatic carbocycles. The molecule has 1 heterocycles. The van der Waals surface area contributed by atoms with Crippen molar-refractivity contribution in [2.75, 3.05) is 18.0 Å². The Kier molecular flexibility index (Phi) is 4.53. The summed E-state index contributed by atoms with van der Waals surface area (Å²) >= 11 is 11.8. The smallest absolute Gasteiger partial charge is 0.227 e. The number of hydrogen-bond donors (Lipinski definition) is 1. The molecule has 4 nitrogen and oxygen atoms in total. The van der Waals surface area contributed by atoms with Crippen LogP contribution in [0.4, 0.5) is 5.69 Å². The fraction of sp³-hybridized carbons (Fsp3) is 0.286. The molecule has 1 fully saturated rings. The van der Waals surface area contributed by atoms with Crippen LogP contribution in [0.1, 0.15) is 6.42 Å². The Bertz CT molecular complexity index is 575. The molecule has 1 atom stereocenters. The number of benzene rings is 1. The maximum atomic E-state index is 12.0. The number of nitrogens with one attached hydrogen (secondary N) is 1. The number of amides is 2. The lowest BCUT2D eigenvalue weighted by atomic mass is 10.1. The highest BCUT2D eigenvalue weighted by Crippen LogP contribution is 2.30. The summed E-state index contributed by atoms with van der Waals surface area (Å²) in [5.41, 5.74) is 0.597. The van der Waals surface area contributed by atoms with E-state index in [4.69, 9.17) is 29.6 Å². The first-order chi connectivity index (χ1) is 9.51. The molecular weight excluding hydrogens is 299 g/mol. The lowest BCUT2D eigenvalue weighted by Crippen LogP contribution is -2.33. The maximum Gasteiger partial charge on any atom is 0.227 e. The van der Waals surface area contributed by atoms with Gasteiger partial charge in [-0.3, -0.25) is 9.59 Å². The van der Waals surface area contributed by atoms with Gasteiger partial charge in [0.05, 0.1) is 12.5 Å². The number of terminal acetylenes is 1. The highest BCUT2D eigenvalue weighted by atomic mass is 35.5. The van der Waals surface area contributed by atoms with Gasteiger partial charge >= 0.3 is 0 Å². The van der Waals surface area contributed by atoms with Crippen molar-refractivity contribution < 1.29 is 9.59 Å². The van der Waals surface area contributed by atoms with Crippen LogP contribution in [-0.4, -0.2) is 24.9 Å². The van der Waals surface area contributed by atoms with Gasteiger partial charge in [-0.25, -0.2) is 0 Å². The van der Waals surface area contributed by atoms with Crippen LogP contribution >= 0.6 is 23.2 Å². The van der Waals surface area contributed by atoms with Gasteiger partial charge in [-0.05, 0) is 18.2 Å². The quantitative estimate of drug-likeness (QED) is 0.869. The summed E-state index contributed by atoms with van der Waals surface area (Å²) in [5.74, 6) is 1.57. The van der Waals surface area contributed by atoms with Crippen LogP contribution in [0.15, 0.2) is 18.2 Å². The zero-order chi connectivity index (χ0) is 14.7. The molecule has 1 saturated heterocycles. The fourth-order valence-corrected chi connectivity index (χ4v) is 2.62. The van der Waals surface area contributed by atoms with E-state index in [0.717, 1.165) is 0 Å². The van der Waals surface area contributed by atoms with Crippen LogP contribution < -0.4 is 10.2 Å². The lowest BCUT2D eigenvalue weighted by molar-refractivity contribution is -0.126. The third kappa shape index (κ3) is 3.24. The van der Waals surface area contributed by atoms with Crippen molar-refractivity contribution in [3.05, 3.63) is 28.2 Å². The summed E-state index contributed by atoms with van der Waals surface area (Å²) in [5, 5.41) is 3.47. The van der Waals surface area contributed by atoms with Gasteiger partial charge in [0.1, 0.15) is 0 Å². The highest BCUT2D eigenvalue weighted by molar-refractivity contribution is 6.35. The van der Waals surface area contributed by atoms with Gasteiger partial charge in [0, 0.05) is 28.7 Å². The zero-order valence-corrected chi connectivity index (χ0v) is 12.0. The Balaban J connectivity index is 2.13. The highest BCUT2D eigenvalue weighted by Gasteiger charge is 2.35. The summed E-state index contributed by atoms with van der Waals surface area (Å²) in [7, 11) is 0. The van der Waals surface area contributed by atoms with E-state index in [1.807, 2.05) is 0 Å². The zero-order valence-electron chi connectivity index (χ0n) is 10.5. The predicted octanol–water partition coefficient (Wildman–Crippen LogP) is 2.10. The summed E-state index contributed by atoms with van der Waals surface area (Å²) in [6.07, 6.45) is 5.24. The minimum Gasteiger partial charge on any atom is -0.345 e. The van der Waals surface area contributed by atoms with E-state index in [1.165, 1.54) is 4.90 Å². The topological polar surface area (TPSA) is 49.4 Å². The monoisotopic (exact) mass is 310 g/mol. The predicted molar refractivity (Wildman–Crippen MR) is 78.8 cm³/mol. The minimum atomic E-state index is -0.409. The molecule has 0 aromatic heterocycles. The largest absolute Gasteiger partial charge is 0.345 e. The van der Waals surface area contributed by atoms with Crippen molar-refractivity contribution in [2.24, 2.45) is 5.92 Å². The first kappa shape index (κ1) is 14.7. The van der Waals surface area contributed by atoms with Gasteiger partial charge in [-0.2, -0.15) is 0 Å². The van der Waals surface area contributed by atoms with Crippen LogP contribution in [0.5, 0.6) is 0 Å². The van der Waals surface area contributed by atoms with E-state index < -0.39 is 5.92 Å². The standard InChI is InChI=1S/C14H12Cl2N2O2/c1-2-3-17-14(20)9-4-13(19)18(8-9)12-6-10(15)5-11(16)7-12/h1,5-7,9H,3-4,8H2,(H,17,20)/t9-/m0/s1. The summed E-state index contributed by atoms with van der Waals surface area (Å²) in [4.78, 5) is 25.3. The van der Waals surface area contributed by atoms with Gasteiger partial charge in [0.15, 0.2) is 0 Å². The molecule has 20 heavy (non-hydrogen) atoms. The van der Waals surface area contributed by atoms with E-state index in [0.29, 0.717) is 22.3 Å². The van der Waals surface area contributed by atoms with E-state index in [9.17, 15) is 9.59 Å². The molecule has 0 unspecified atom stereocenters. The Morgan fingerprint density at radius 3 is 2.65 bits per heavy atom. The molecule has 6 heteroatoms. The molecule has 1 aromatic rings. The summed E-state index contributed by atoms with van der Waals surface area (Å²) < 4.78 is 0. The molecule has 104 valence electrons. The van der Waals surface area contributed by atoms with Gasteiger partial charge in [-0.15, -0.1) is 6.42 Å². The van der Waals surface area contributed by atoms with Crippen molar-refractivity contribution in [2.45, 2.75) is 6.42 Å². The molecule has 1 N–H and O–H groups in total. The van der Waals surface area contributed by atoms with Crippen molar-refractivity contribution >= 4 is 40.7 Å². The van der Waals surface area contributed by atoms with Crippen LogP contribution in [-0.2, 0) is 9.59 Å². The van der Waals surface area contributed by atoms with Gasteiger partial charge in [0.2, 0.25) is 11.8 Å². The van der Waals surface area contributed by atoms with Crippen molar-refractivity contribution in [1.29, 1.82) is 0 Å². The van der Waals surface area contributed by atoms with Crippen LogP contribution in [0.2, 0.25) is 10.0 Å². The first-order valence-corrected chi connectivity index (χ1v) is 6.74.